The first-order valence-corrected chi connectivity index (χ1v) is 18.6. The van der Waals surface area contributed by atoms with E-state index in [9.17, 15) is 9.59 Å². The van der Waals surface area contributed by atoms with Gasteiger partial charge in [0.1, 0.15) is 18.0 Å². The minimum atomic E-state index is -0.718. The number of aromatic nitrogens is 3. The number of rotatable bonds is 9. The first-order chi connectivity index (χ1) is 24.4. The molecule has 0 N–H and O–H groups in total. The van der Waals surface area contributed by atoms with Crippen molar-refractivity contribution in [2.45, 2.75) is 89.6 Å². The average molecular weight is 695 g/mol. The van der Waals surface area contributed by atoms with Gasteiger partial charge in [-0.3, -0.25) is 19.6 Å². The van der Waals surface area contributed by atoms with E-state index in [1.54, 1.807) is 11.1 Å². The summed E-state index contributed by atoms with van der Waals surface area (Å²) < 4.78 is 8.25. The number of carbonyl (C=O) groups excluding carboxylic acids is 2. The summed E-state index contributed by atoms with van der Waals surface area (Å²) in [6.07, 6.45) is 12.7. The molecule has 2 aromatic carbocycles. The third kappa shape index (κ3) is 7.74. The van der Waals surface area contributed by atoms with E-state index in [1.807, 2.05) is 54.5 Å². The van der Waals surface area contributed by atoms with Gasteiger partial charge in [0.05, 0.1) is 11.7 Å². The van der Waals surface area contributed by atoms with Gasteiger partial charge in [-0.05, 0) is 92.3 Å². The van der Waals surface area contributed by atoms with Crippen LogP contribution in [0.4, 0.5) is 4.79 Å². The molecule has 2 fully saturated rings. The van der Waals surface area contributed by atoms with Gasteiger partial charge in [0.25, 0.3) is 0 Å². The number of imidazole rings is 1. The zero-order chi connectivity index (χ0) is 34.5. The molecule has 0 radical (unpaired) electrons. The van der Waals surface area contributed by atoms with Crippen molar-refractivity contribution in [1.29, 1.82) is 0 Å². The van der Waals surface area contributed by atoms with Gasteiger partial charge in [0.15, 0.2) is 0 Å². The van der Waals surface area contributed by atoms with Crippen molar-refractivity contribution in [3.05, 3.63) is 118 Å². The highest BCUT2D eigenvalue weighted by Crippen LogP contribution is 2.38. The fourth-order valence-electron chi connectivity index (χ4n) is 7.97. The largest absolute Gasteiger partial charge is 0.446 e. The molecular weight excluding hydrogens is 648 g/mol. The molecule has 1 saturated carbocycles. The number of carbonyl (C=O) groups is 2. The topological polar surface area (TPSA) is 83.8 Å². The molecule has 1 saturated heterocycles. The van der Waals surface area contributed by atoms with Crippen molar-refractivity contribution in [2.24, 2.45) is 0 Å². The summed E-state index contributed by atoms with van der Waals surface area (Å²) in [6, 6.07) is 19.5. The Morgan fingerprint density at radius 1 is 0.940 bits per heavy atom. The van der Waals surface area contributed by atoms with Gasteiger partial charge < -0.3 is 14.2 Å². The summed E-state index contributed by atoms with van der Waals surface area (Å²) in [6.45, 7) is 5.09. The van der Waals surface area contributed by atoms with Crippen molar-refractivity contribution in [3.63, 3.8) is 0 Å². The van der Waals surface area contributed by atoms with Crippen LogP contribution < -0.4 is 0 Å². The number of piperazine rings is 1. The molecule has 2 amide bonds. The van der Waals surface area contributed by atoms with Crippen molar-refractivity contribution < 1.29 is 14.3 Å². The number of fused-ring (bicyclic) bond motifs is 2. The van der Waals surface area contributed by atoms with Gasteiger partial charge in [-0.2, -0.15) is 0 Å². The summed E-state index contributed by atoms with van der Waals surface area (Å²) in [5.41, 5.74) is 5.62. The Morgan fingerprint density at radius 3 is 2.56 bits per heavy atom. The maximum absolute atomic E-state index is 15.0. The van der Waals surface area contributed by atoms with Crippen LogP contribution in [-0.2, 0) is 35.5 Å². The van der Waals surface area contributed by atoms with Gasteiger partial charge in [-0.15, -0.1) is 0 Å². The Balaban J connectivity index is 1.21. The van der Waals surface area contributed by atoms with E-state index in [4.69, 9.17) is 21.3 Å². The lowest BCUT2D eigenvalue weighted by molar-refractivity contribution is -0.140. The molecule has 10 heteroatoms. The number of amides is 2. The molecule has 0 bridgehead atoms. The fraction of sp³-hybridized carbons (Fsp3) is 0.450. The number of benzene rings is 2. The highest BCUT2D eigenvalue weighted by Gasteiger charge is 2.42. The third-order valence-electron chi connectivity index (χ3n) is 10.6. The molecule has 7 rings (SSSR count). The highest BCUT2D eigenvalue weighted by atomic mass is 35.5. The first kappa shape index (κ1) is 34.2. The van der Waals surface area contributed by atoms with Gasteiger partial charge in [0.2, 0.25) is 5.91 Å². The number of halogens is 1. The lowest BCUT2D eigenvalue weighted by atomic mass is 9.95. The molecule has 0 unspecified atom stereocenters. The zero-order valence-corrected chi connectivity index (χ0v) is 29.7. The summed E-state index contributed by atoms with van der Waals surface area (Å²) in [7, 11) is 0. The normalized spacial score (nSPS) is 19.7. The summed E-state index contributed by atoms with van der Waals surface area (Å²) in [5, 5.41) is 0.715. The van der Waals surface area contributed by atoms with E-state index in [2.05, 4.69) is 44.8 Å². The Kier molecular flexibility index (Phi) is 10.8. The molecule has 262 valence electrons. The minimum absolute atomic E-state index is 0.0623. The number of ether oxygens (including phenoxy) is 1. The predicted octanol–water partition coefficient (Wildman–Crippen LogP) is 7.00. The van der Waals surface area contributed by atoms with E-state index in [-0.39, 0.29) is 24.1 Å². The van der Waals surface area contributed by atoms with Gasteiger partial charge in [0, 0.05) is 62.9 Å². The smallest absolute Gasteiger partial charge is 0.410 e. The van der Waals surface area contributed by atoms with Crippen LogP contribution in [0.5, 0.6) is 0 Å². The quantitative estimate of drug-likeness (QED) is 0.188. The number of aryl methyl sites for hydroxylation is 4. The molecular formula is C40H47ClN6O3. The fourth-order valence-corrected chi connectivity index (χ4v) is 8.16. The first-order valence-electron chi connectivity index (χ1n) is 18.2. The number of hydrogen-bond donors (Lipinski definition) is 0. The Hall–Kier alpha value is -4.21. The van der Waals surface area contributed by atoms with Crippen LogP contribution in [0.2, 0.25) is 5.02 Å². The van der Waals surface area contributed by atoms with Crippen LogP contribution in [-0.4, -0.2) is 79.6 Å². The van der Waals surface area contributed by atoms with Gasteiger partial charge >= 0.3 is 6.09 Å². The summed E-state index contributed by atoms with van der Waals surface area (Å²) >= 11 is 6.52. The van der Waals surface area contributed by atoms with Crippen LogP contribution in [0.25, 0.3) is 0 Å². The zero-order valence-electron chi connectivity index (χ0n) is 28.9. The lowest BCUT2D eigenvalue weighted by Gasteiger charge is -2.45. The van der Waals surface area contributed by atoms with Gasteiger partial charge in [-0.1, -0.05) is 60.5 Å². The monoisotopic (exact) mass is 694 g/mol. The highest BCUT2D eigenvalue weighted by molar-refractivity contribution is 6.30. The van der Waals surface area contributed by atoms with Crippen LogP contribution in [0.15, 0.2) is 79.3 Å². The molecule has 1 aliphatic heterocycles. The molecule has 0 spiro atoms. The van der Waals surface area contributed by atoms with Crippen LogP contribution >= 0.6 is 11.6 Å². The molecule has 4 aromatic rings. The van der Waals surface area contributed by atoms with Gasteiger partial charge in [-0.25, -0.2) is 9.78 Å². The minimum Gasteiger partial charge on any atom is -0.446 e. The number of nitrogens with zero attached hydrogens (tertiary/aromatic N) is 6. The molecule has 3 aliphatic rings. The summed E-state index contributed by atoms with van der Waals surface area (Å²) in [4.78, 5) is 44.3. The Morgan fingerprint density at radius 2 is 1.76 bits per heavy atom. The molecule has 3 heterocycles. The summed E-state index contributed by atoms with van der Waals surface area (Å²) in [5.74, 6) is 0.886. The maximum Gasteiger partial charge on any atom is 0.410 e. The molecule has 2 aliphatic carbocycles. The molecule has 2 atom stereocenters. The SMILES string of the molecule is Cc1nccn1CCCN(Cc1ccccc1)C(=O)[C@H]1CN([C@H]2c3ccc(Cl)cc3CCc3cccnc32)CCN1C(=O)OC1CCCCC1. The Bertz CT molecular complexity index is 1770. The van der Waals surface area contributed by atoms with Crippen molar-refractivity contribution in [1.82, 2.24) is 29.2 Å². The van der Waals surface area contributed by atoms with E-state index in [0.717, 1.165) is 74.1 Å². The average Bonchev–Trinajstić information content (AvgIpc) is 3.48. The van der Waals surface area contributed by atoms with Crippen LogP contribution in [0.1, 0.15) is 78.3 Å². The van der Waals surface area contributed by atoms with E-state index < -0.39 is 6.04 Å². The molecule has 50 heavy (non-hydrogen) atoms. The van der Waals surface area contributed by atoms with E-state index in [0.29, 0.717) is 37.7 Å². The van der Waals surface area contributed by atoms with E-state index >= 15 is 0 Å². The predicted molar refractivity (Wildman–Crippen MR) is 194 cm³/mol. The third-order valence-corrected chi connectivity index (χ3v) is 10.9. The maximum atomic E-state index is 15.0. The second kappa shape index (κ2) is 15.8. The number of pyridine rings is 1. The van der Waals surface area contributed by atoms with Crippen molar-refractivity contribution in [2.75, 3.05) is 26.2 Å². The molecule has 9 nitrogen and oxygen atoms in total. The second-order valence-electron chi connectivity index (χ2n) is 13.9. The molecule has 2 aromatic heterocycles. The van der Waals surface area contributed by atoms with Crippen LogP contribution in [0.3, 0.4) is 0 Å². The van der Waals surface area contributed by atoms with Crippen LogP contribution in [0, 0.1) is 6.92 Å². The second-order valence-corrected chi connectivity index (χ2v) is 14.3. The number of hydrogen-bond acceptors (Lipinski definition) is 6. The Labute approximate surface area is 300 Å². The van der Waals surface area contributed by atoms with Crippen molar-refractivity contribution in [3.8, 4) is 0 Å². The standard InChI is InChI=1S/C40H47ClN6O3/c1-29-42-20-23-44(29)21-9-22-46(27-30-10-4-2-5-11-30)39(48)36-28-45(24-25-47(36)40(49)50-34-13-6-3-7-14-34)38-35-18-17-33(41)26-32(35)16-15-31-12-8-19-43-37(31)38/h2,4-5,8,10-12,17-20,23,26,34,36,38H,3,6-7,9,13-16,21-22,24-25,27-28H2,1H3/t36-,38+/m1/s1. The van der Waals surface area contributed by atoms with E-state index in [1.165, 1.54) is 17.5 Å². The van der Waals surface area contributed by atoms with Crippen molar-refractivity contribution >= 4 is 23.6 Å². The lowest BCUT2D eigenvalue weighted by Crippen LogP contribution is -2.62.